The largest absolute Gasteiger partial charge is 0.467 e. The molecule has 0 amide bonds. The maximum Gasteiger partial charge on any atom is 0.147 e. The summed E-state index contributed by atoms with van der Waals surface area (Å²) in [6.45, 7) is 2.62. The average Bonchev–Trinajstić information content (AvgIpc) is 3.13. The van der Waals surface area contributed by atoms with Gasteiger partial charge >= 0.3 is 0 Å². The van der Waals surface area contributed by atoms with Gasteiger partial charge in [-0.15, -0.1) is 0 Å². The highest BCUT2D eigenvalue weighted by Gasteiger charge is 2.32. The summed E-state index contributed by atoms with van der Waals surface area (Å²) >= 11 is 0. The van der Waals surface area contributed by atoms with Crippen LogP contribution in [0.4, 0.5) is 5.82 Å². The molecule has 1 aliphatic rings. The third-order valence-corrected chi connectivity index (χ3v) is 3.30. The number of aromatic nitrogens is 1. The van der Waals surface area contributed by atoms with E-state index < -0.39 is 0 Å². The van der Waals surface area contributed by atoms with Gasteiger partial charge in [0.05, 0.1) is 18.4 Å². The van der Waals surface area contributed by atoms with Crippen LogP contribution in [-0.2, 0) is 6.54 Å². The van der Waals surface area contributed by atoms with Crippen molar-refractivity contribution in [3.8, 4) is 6.07 Å². The molecule has 96 valence electrons. The van der Waals surface area contributed by atoms with E-state index in [2.05, 4.69) is 16.0 Å². The van der Waals surface area contributed by atoms with Crippen LogP contribution in [0.1, 0.15) is 29.9 Å². The molecule has 2 aromatic heterocycles. The Bertz CT molecular complexity index is 609. The van der Waals surface area contributed by atoms with Crippen molar-refractivity contribution in [1.82, 2.24) is 4.98 Å². The summed E-state index contributed by atoms with van der Waals surface area (Å²) in [5, 5.41) is 9.25. The lowest BCUT2D eigenvalue weighted by Crippen LogP contribution is -2.26. The zero-order valence-corrected chi connectivity index (χ0v) is 10.8. The van der Waals surface area contributed by atoms with Crippen LogP contribution in [0, 0.1) is 18.3 Å². The second kappa shape index (κ2) is 4.77. The van der Waals surface area contributed by atoms with Crippen LogP contribution in [-0.4, -0.2) is 11.0 Å². The van der Waals surface area contributed by atoms with Gasteiger partial charge in [-0.2, -0.15) is 5.26 Å². The smallest absolute Gasteiger partial charge is 0.147 e. The van der Waals surface area contributed by atoms with Crippen molar-refractivity contribution in [3.63, 3.8) is 0 Å². The molecule has 0 saturated heterocycles. The third kappa shape index (κ3) is 2.45. The molecule has 0 radical (unpaired) electrons. The van der Waals surface area contributed by atoms with E-state index in [0.717, 1.165) is 30.1 Å². The number of hydrogen-bond donors (Lipinski definition) is 0. The molecular weight excluding hydrogens is 238 g/mol. The first-order valence-electron chi connectivity index (χ1n) is 6.44. The zero-order chi connectivity index (χ0) is 13.2. The molecule has 0 unspecified atom stereocenters. The first kappa shape index (κ1) is 11.8. The minimum absolute atomic E-state index is 0.478. The van der Waals surface area contributed by atoms with Crippen molar-refractivity contribution in [1.29, 1.82) is 5.26 Å². The van der Waals surface area contributed by atoms with E-state index in [0.29, 0.717) is 18.2 Å². The van der Waals surface area contributed by atoms with Gasteiger partial charge in [-0.1, -0.05) is 0 Å². The topological polar surface area (TPSA) is 53.1 Å². The Kier molecular flexibility index (Phi) is 2.96. The summed E-state index contributed by atoms with van der Waals surface area (Å²) in [6, 6.07) is 10.3. The van der Waals surface area contributed by atoms with Gasteiger partial charge in [0.1, 0.15) is 17.6 Å². The minimum Gasteiger partial charge on any atom is -0.467 e. The first-order chi connectivity index (χ1) is 9.28. The van der Waals surface area contributed by atoms with Gasteiger partial charge in [0.15, 0.2) is 0 Å². The Morgan fingerprint density at radius 3 is 2.89 bits per heavy atom. The Balaban J connectivity index is 1.96. The van der Waals surface area contributed by atoms with Crippen molar-refractivity contribution >= 4 is 5.82 Å². The summed E-state index contributed by atoms with van der Waals surface area (Å²) < 4.78 is 5.41. The fraction of sp³-hybridized carbons (Fsp3) is 0.333. The number of furan rings is 1. The van der Waals surface area contributed by atoms with Crippen LogP contribution in [0.3, 0.4) is 0 Å². The maximum atomic E-state index is 9.25. The molecule has 1 aliphatic carbocycles. The monoisotopic (exact) mass is 253 g/mol. The Morgan fingerprint density at radius 1 is 1.42 bits per heavy atom. The SMILES string of the molecule is Cc1ccc(C#N)c(N(Cc2ccco2)C2CC2)n1. The summed E-state index contributed by atoms with van der Waals surface area (Å²) in [7, 11) is 0. The molecular formula is C15H15N3O. The van der Waals surface area contributed by atoms with Crippen LogP contribution < -0.4 is 4.90 Å². The van der Waals surface area contributed by atoms with Crippen LogP contribution >= 0.6 is 0 Å². The Morgan fingerprint density at radius 2 is 2.26 bits per heavy atom. The number of nitrogens with zero attached hydrogens (tertiary/aromatic N) is 3. The summed E-state index contributed by atoms with van der Waals surface area (Å²) in [5.41, 5.74) is 1.56. The molecule has 1 saturated carbocycles. The summed E-state index contributed by atoms with van der Waals surface area (Å²) in [4.78, 5) is 6.73. The molecule has 4 nitrogen and oxygen atoms in total. The molecule has 0 aromatic carbocycles. The molecule has 0 atom stereocenters. The van der Waals surface area contributed by atoms with Gasteiger partial charge in [-0.05, 0) is 44.0 Å². The normalized spacial score (nSPS) is 14.1. The highest BCUT2D eigenvalue weighted by atomic mass is 16.3. The number of aryl methyl sites for hydroxylation is 1. The van der Waals surface area contributed by atoms with Gasteiger partial charge in [0.25, 0.3) is 0 Å². The zero-order valence-electron chi connectivity index (χ0n) is 10.8. The van der Waals surface area contributed by atoms with Crippen molar-refractivity contribution in [2.75, 3.05) is 4.90 Å². The number of anilines is 1. The van der Waals surface area contributed by atoms with Gasteiger partial charge in [0.2, 0.25) is 0 Å². The van der Waals surface area contributed by atoms with E-state index in [9.17, 15) is 5.26 Å². The maximum absolute atomic E-state index is 9.25. The van der Waals surface area contributed by atoms with E-state index >= 15 is 0 Å². The Hall–Kier alpha value is -2.28. The predicted octanol–water partition coefficient (Wildman–Crippen LogP) is 3.02. The molecule has 1 fully saturated rings. The van der Waals surface area contributed by atoms with Crippen LogP contribution in [0.15, 0.2) is 34.9 Å². The highest BCUT2D eigenvalue weighted by molar-refractivity contribution is 5.55. The van der Waals surface area contributed by atoms with E-state index in [-0.39, 0.29) is 0 Å². The second-order valence-electron chi connectivity index (χ2n) is 4.87. The standard InChI is InChI=1S/C15H15N3O/c1-11-4-5-12(9-16)15(17-11)18(13-6-7-13)10-14-3-2-8-19-14/h2-5,8,13H,6-7,10H2,1H3. The number of rotatable bonds is 4. The van der Waals surface area contributed by atoms with Crippen LogP contribution in [0.25, 0.3) is 0 Å². The van der Waals surface area contributed by atoms with Crippen molar-refractivity contribution < 1.29 is 4.42 Å². The number of nitriles is 1. The fourth-order valence-electron chi connectivity index (χ4n) is 2.18. The lowest BCUT2D eigenvalue weighted by Gasteiger charge is -2.23. The highest BCUT2D eigenvalue weighted by Crippen LogP contribution is 2.33. The molecule has 3 rings (SSSR count). The molecule has 0 aliphatic heterocycles. The van der Waals surface area contributed by atoms with Gasteiger partial charge < -0.3 is 9.32 Å². The fourth-order valence-corrected chi connectivity index (χ4v) is 2.18. The molecule has 2 heterocycles. The lowest BCUT2D eigenvalue weighted by atomic mass is 10.2. The van der Waals surface area contributed by atoms with Crippen molar-refractivity contribution in [2.24, 2.45) is 0 Å². The van der Waals surface area contributed by atoms with E-state index in [1.807, 2.05) is 31.2 Å². The molecule has 4 heteroatoms. The minimum atomic E-state index is 0.478. The van der Waals surface area contributed by atoms with Crippen molar-refractivity contribution in [3.05, 3.63) is 47.5 Å². The number of hydrogen-bond acceptors (Lipinski definition) is 4. The molecule has 0 bridgehead atoms. The lowest BCUT2D eigenvalue weighted by molar-refractivity contribution is 0.500. The van der Waals surface area contributed by atoms with Gasteiger partial charge in [0, 0.05) is 11.7 Å². The van der Waals surface area contributed by atoms with E-state index in [4.69, 9.17) is 4.42 Å². The van der Waals surface area contributed by atoms with E-state index in [1.165, 1.54) is 0 Å². The average molecular weight is 253 g/mol. The predicted molar refractivity (Wildman–Crippen MR) is 71.6 cm³/mol. The number of pyridine rings is 1. The Labute approximate surface area is 112 Å². The van der Waals surface area contributed by atoms with Crippen LogP contribution in [0.5, 0.6) is 0 Å². The second-order valence-corrected chi connectivity index (χ2v) is 4.87. The molecule has 0 N–H and O–H groups in total. The summed E-state index contributed by atoms with van der Waals surface area (Å²) in [5.74, 6) is 1.68. The van der Waals surface area contributed by atoms with Gasteiger partial charge in [-0.25, -0.2) is 4.98 Å². The third-order valence-electron chi connectivity index (χ3n) is 3.30. The quantitative estimate of drug-likeness (QED) is 0.840. The van der Waals surface area contributed by atoms with Crippen LogP contribution in [0.2, 0.25) is 0 Å². The molecule has 19 heavy (non-hydrogen) atoms. The summed E-state index contributed by atoms with van der Waals surface area (Å²) in [6.07, 6.45) is 3.98. The first-order valence-corrected chi connectivity index (χ1v) is 6.44. The van der Waals surface area contributed by atoms with Gasteiger partial charge in [-0.3, -0.25) is 0 Å². The molecule has 2 aromatic rings. The van der Waals surface area contributed by atoms with Crippen molar-refractivity contribution in [2.45, 2.75) is 32.4 Å². The van der Waals surface area contributed by atoms with E-state index in [1.54, 1.807) is 6.26 Å². The molecule has 0 spiro atoms.